The van der Waals surface area contributed by atoms with Gasteiger partial charge < -0.3 is 10.2 Å². The summed E-state index contributed by atoms with van der Waals surface area (Å²) in [4.78, 5) is 27.0. The number of pyridine rings is 1. The lowest BCUT2D eigenvalue weighted by Gasteiger charge is -2.31. The number of carbonyl (C=O) groups excluding carboxylic acids is 1. The molecule has 3 rings (SSSR count). The van der Waals surface area contributed by atoms with E-state index in [4.69, 9.17) is 0 Å². The van der Waals surface area contributed by atoms with Crippen LogP contribution in [-0.2, 0) is 4.79 Å². The molecule has 1 aliphatic heterocycles. The molecule has 6 heteroatoms. The van der Waals surface area contributed by atoms with Gasteiger partial charge in [-0.15, -0.1) is 0 Å². The molecule has 0 radical (unpaired) electrons. The SMILES string of the molecule is CC(=O)N1CCCC(c2nc(C)cc(Nc3ccccn3)n2)C1. The van der Waals surface area contributed by atoms with E-state index in [1.165, 1.54) is 0 Å². The number of hydrogen-bond acceptors (Lipinski definition) is 5. The van der Waals surface area contributed by atoms with Crippen molar-refractivity contribution in [2.24, 2.45) is 0 Å². The molecule has 6 nitrogen and oxygen atoms in total. The molecule has 1 amide bonds. The number of carbonyl (C=O) groups is 1. The minimum Gasteiger partial charge on any atom is -0.342 e. The van der Waals surface area contributed by atoms with E-state index in [-0.39, 0.29) is 11.8 Å². The van der Waals surface area contributed by atoms with Gasteiger partial charge >= 0.3 is 0 Å². The Morgan fingerprint density at radius 3 is 2.91 bits per heavy atom. The van der Waals surface area contributed by atoms with Crippen molar-refractivity contribution in [1.82, 2.24) is 19.9 Å². The minimum absolute atomic E-state index is 0.120. The Bertz CT molecular complexity index is 689. The van der Waals surface area contributed by atoms with Crippen LogP contribution in [0.25, 0.3) is 0 Å². The summed E-state index contributed by atoms with van der Waals surface area (Å²) in [5.74, 6) is 2.61. The van der Waals surface area contributed by atoms with E-state index < -0.39 is 0 Å². The number of amides is 1. The van der Waals surface area contributed by atoms with Gasteiger partial charge in [0.05, 0.1) is 0 Å². The molecular formula is C17H21N5O. The Morgan fingerprint density at radius 2 is 2.17 bits per heavy atom. The van der Waals surface area contributed by atoms with Crippen LogP contribution in [-0.4, -0.2) is 38.8 Å². The van der Waals surface area contributed by atoms with Crippen LogP contribution < -0.4 is 5.32 Å². The smallest absolute Gasteiger partial charge is 0.219 e. The van der Waals surface area contributed by atoms with Gasteiger partial charge in [0.15, 0.2) is 0 Å². The van der Waals surface area contributed by atoms with Crippen LogP contribution in [0.4, 0.5) is 11.6 Å². The molecule has 0 saturated carbocycles. The molecule has 0 aromatic carbocycles. The maximum atomic E-state index is 11.6. The van der Waals surface area contributed by atoms with Crippen LogP contribution >= 0.6 is 0 Å². The molecule has 1 fully saturated rings. The van der Waals surface area contributed by atoms with Gasteiger partial charge in [-0.1, -0.05) is 6.07 Å². The first-order valence-electron chi connectivity index (χ1n) is 7.91. The van der Waals surface area contributed by atoms with E-state index in [0.29, 0.717) is 6.54 Å². The highest BCUT2D eigenvalue weighted by molar-refractivity contribution is 5.73. The Labute approximate surface area is 136 Å². The molecule has 120 valence electrons. The van der Waals surface area contributed by atoms with Crippen molar-refractivity contribution in [3.8, 4) is 0 Å². The lowest BCUT2D eigenvalue weighted by atomic mass is 9.97. The quantitative estimate of drug-likeness (QED) is 0.943. The van der Waals surface area contributed by atoms with Crippen molar-refractivity contribution in [2.75, 3.05) is 18.4 Å². The average molecular weight is 311 g/mol. The highest BCUT2D eigenvalue weighted by atomic mass is 16.2. The Balaban J connectivity index is 1.81. The van der Waals surface area contributed by atoms with Gasteiger partial charge in [-0.2, -0.15) is 0 Å². The molecule has 1 saturated heterocycles. The standard InChI is InChI=1S/C17H21N5O/c1-12-10-16(20-15-7-3-4-8-18-15)21-17(19-12)14-6-5-9-22(11-14)13(2)23/h3-4,7-8,10,14H,5-6,9,11H2,1-2H3,(H,18,19,20,21). The maximum absolute atomic E-state index is 11.6. The van der Waals surface area contributed by atoms with Crippen LogP contribution in [0.2, 0.25) is 0 Å². The van der Waals surface area contributed by atoms with E-state index in [2.05, 4.69) is 20.3 Å². The molecule has 1 atom stereocenters. The number of hydrogen-bond donors (Lipinski definition) is 1. The summed E-state index contributed by atoms with van der Waals surface area (Å²) in [6.07, 6.45) is 3.74. The number of likely N-dealkylation sites (tertiary alicyclic amines) is 1. The van der Waals surface area contributed by atoms with Crippen LogP contribution in [0.15, 0.2) is 30.5 Å². The molecule has 2 aromatic heterocycles. The molecule has 0 bridgehead atoms. The van der Waals surface area contributed by atoms with Crippen molar-refractivity contribution >= 4 is 17.5 Å². The van der Waals surface area contributed by atoms with Crippen molar-refractivity contribution < 1.29 is 4.79 Å². The van der Waals surface area contributed by atoms with E-state index in [0.717, 1.165) is 42.5 Å². The van der Waals surface area contributed by atoms with Crippen LogP contribution in [0.3, 0.4) is 0 Å². The zero-order valence-corrected chi connectivity index (χ0v) is 13.5. The van der Waals surface area contributed by atoms with Crippen LogP contribution in [0.1, 0.15) is 37.2 Å². The Hall–Kier alpha value is -2.50. The fourth-order valence-electron chi connectivity index (χ4n) is 2.88. The van der Waals surface area contributed by atoms with Crippen LogP contribution in [0, 0.1) is 6.92 Å². The topological polar surface area (TPSA) is 71.0 Å². The number of aryl methyl sites for hydroxylation is 1. The molecule has 3 heterocycles. The number of aromatic nitrogens is 3. The molecular weight excluding hydrogens is 290 g/mol. The molecule has 1 unspecified atom stereocenters. The summed E-state index contributed by atoms with van der Waals surface area (Å²) < 4.78 is 0. The predicted molar refractivity (Wildman–Crippen MR) is 88.5 cm³/mol. The first-order chi connectivity index (χ1) is 11.1. The number of nitrogens with zero attached hydrogens (tertiary/aromatic N) is 4. The second kappa shape index (κ2) is 6.73. The lowest BCUT2D eigenvalue weighted by molar-refractivity contribution is -0.130. The summed E-state index contributed by atoms with van der Waals surface area (Å²) in [5.41, 5.74) is 0.911. The van der Waals surface area contributed by atoms with Crippen LogP contribution in [0.5, 0.6) is 0 Å². The van der Waals surface area contributed by atoms with Gasteiger partial charge in [-0.3, -0.25) is 4.79 Å². The van der Waals surface area contributed by atoms with E-state index in [1.54, 1.807) is 13.1 Å². The summed E-state index contributed by atoms with van der Waals surface area (Å²) in [5, 5.41) is 3.22. The third-order valence-electron chi connectivity index (χ3n) is 4.02. The van der Waals surface area contributed by atoms with E-state index >= 15 is 0 Å². The lowest BCUT2D eigenvalue weighted by Crippen LogP contribution is -2.38. The fraction of sp³-hybridized carbons (Fsp3) is 0.412. The van der Waals surface area contributed by atoms with Crippen molar-refractivity contribution in [3.63, 3.8) is 0 Å². The van der Waals surface area contributed by atoms with Crippen molar-refractivity contribution in [2.45, 2.75) is 32.6 Å². The molecule has 0 aliphatic carbocycles. The van der Waals surface area contributed by atoms with E-state index in [9.17, 15) is 4.79 Å². The Kier molecular flexibility index (Phi) is 4.50. The molecule has 2 aromatic rings. The van der Waals surface area contributed by atoms with E-state index in [1.807, 2.05) is 36.1 Å². The second-order valence-corrected chi connectivity index (χ2v) is 5.90. The number of anilines is 2. The summed E-state index contributed by atoms with van der Waals surface area (Å²) >= 11 is 0. The van der Waals surface area contributed by atoms with Gasteiger partial charge in [0, 0.05) is 43.9 Å². The van der Waals surface area contributed by atoms with Gasteiger partial charge in [-0.25, -0.2) is 15.0 Å². The fourth-order valence-corrected chi connectivity index (χ4v) is 2.88. The maximum Gasteiger partial charge on any atom is 0.219 e. The van der Waals surface area contributed by atoms with Gasteiger partial charge in [0.2, 0.25) is 5.91 Å². The highest BCUT2D eigenvalue weighted by Gasteiger charge is 2.25. The summed E-state index contributed by atoms with van der Waals surface area (Å²) in [7, 11) is 0. The first kappa shape index (κ1) is 15.4. The molecule has 0 spiro atoms. The predicted octanol–water partition coefficient (Wildman–Crippen LogP) is 2.65. The monoisotopic (exact) mass is 311 g/mol. The van der Waals surface area contributed by atoms with Crippen molar-refractivity contribution in [3.05, 3.63) is 42.0 Å². The zero-order valence-electron chi connectivity index (χ0n) is 13.5. The molecule has 1 N–H and O–H groups in total. The normalized spacial score (nSPS) is 17.8. The summed E-state index contributed by atoms with van der Waals surface area (Å²) in [6.45, 7) is 5.10. The zero-order chi connectivity index (χ0) is 16.2. The third-order valence-corrected chi connectivity index (χ3v) is 4.02. The molecule has 1 aliphatic rings. The molecule has 23 heavy (non-hydrogen) atoms. The minimum atomic E-state index is 0.120. The third kappa shape index (κ3) is 3.83. The number of piperidine rings is 1. The van der Waals surface area contributed by atoms with Gasteiger partial charge in [0.1, 0.15) is 17.5 Å². The average Bonchev–Trinajstić information content (AvgIpc) is 2.55. The van der Waals surface area contributed by atoms with Gasteiger partial charge in [-0.05, 0) is 31.9 Å². The first-order valence-corrected chi connectivity index (χ1v) is 7.91. The number of rotatable bonds is 3. The highest BCUT2D eigenvalue weighted by Crippen LogP contribution is 2.26. The number of nitrogens with one attached hydrogen (secondary N) is 1. The largest absolute Gasteiger partial charge is 0.342 e. The summed E-state index contributed by atoms with van der Waals surface area (Å²) in [6, 6.07) is 7.61. The van der Waals surface area contributed by atoms with Gasteiger partial charge in [0.25, 0.3) is 0 Å². The van der Waals surface area contributed by atoms with Crippen molar-refractivity contribution in [1.29, 1.82) is 0 Å². The second-order valence-electron chi connectivity index (χ2n) is 5.90. The Morgan fingerprint density at radius 1 is 1.30 bits per heavy atom.